The van der Waals surface area contributed by atoms with Crippen LogP contribution in [0.1, 0.15) is 17.4 Å². The second-order valence-corrected chi connectivity index (χ2v) is 6.70. The van der Waals surface area contributed by atoms with Gasteiger partial charge in [-0.15, -0.1) is 0 Å². The Morgan fingerprint density at radius 3 is 2.81 bits per heavy atom. The molecule has 1 aromatic heterocycles. The van der Waals surface area contributed by atoms with Crippen molar-refractivity contribution >= 4 is 22.5 Å². The summed E-state index contributed by atoms with van der Waals surface area (Å²) < 4.78 is 6.13. The summed E-state index contributed by atoms with van der Waals surface area (Å²) in [5.41, 5.74) is 2.71. The molecule has 0 spiro atoms. The lowest BCUT2D eigenvalue weighted by Crippen LogP contribution is -2.46. The van der Waals surface area contributed by atoms with Crippen LogP contribution in [0.5, 0.6) is 5.75 Å². The highest BCUT2D eigenvalue weighted by Crippen LogP contribution is 2.32. The van der Waals surface area contributed by atoms with Crippen molar-refractivity contribution in [2.75, 3.05) is 31.6 Å². The number of benzene rings is 2. The number of fused-ring (bicyclic) bond motifs is 2. The standard InChI is InChI=1S/C21H23N3O2/c1-3-24-14-16(26-20-11-7-6-10-19(20)24)13-23(2)21(25)18-12-15-8-4-5-9-17(15)22-18/h4-12,16,22H,3,13-14H2,1-2H3. The van der Waals surface area contributed by atoms with Crippen LogP contribution in [-0.4, -0.2) is 48.6 Å². The number of nitrogens with one attached hydrogen (secondary N) is 1. The fourth-order valence-corrected chi connectivity index (χ4v) is 3.56. The quantitative estimate of drug-likeness (QED) is 0.784. The van der Waals surface area contributed by atoms with Crippen molar-refractivity contribution in [2.45, 2.75) is 13.0 Å². The molecule has 0 saturated heterocycles. The minimum atomic E-state index is -0.0526. The molecule has 26 heavy (non-hydrogen) atoms. The molecular weight excluding hydrogens is 326 g/mol. The number of carbonyl (C=O) groups is 1. The van der Waals surface area contributed by atoms with Crippen LogP contribution in [0.4, 0.5) is 5.69 Å². The van der Waals surface area contributed by atoms with Gasteiger partial charge in [-0.1, -0.05) is 30.3 Å². The van der Waals surface area contributed by atoms with Crippen LogP contribution in [0.25, 0.3) is 10.9 Å². The van der Waals surface area contributed by atoms with E-state index in [1.54, 1.807) is 4.90 Å². The van der Waals surface area contributed by atoms with Crippen molar-refractivity contribution in [3.05, 3.63) is 60.3 Å². The summed E-state index contributed by atoms with van der Waals surface area (Å²) in [6.07, 6.45) is -0.0526. The van der Waals surface area contributed by atoms with Gasteiger partial charge in [0.05, 0.1) is 18.8 Å². The van der Waals surface area contributed by atoms with E-state index in [2.05, 4.69) is 22.9 Å². The smallest absolute Gasteiger partial charge is 0.270 e. The number of rotatable bonds is 4. The molecule has 1 aliphatic rings. The number of amides is 1. The van der Waals surface area contributed by atoms with Gasteiger partial charge >= 0.3 is 0 Å². The van der Waals surface area contributed by atoms with Crippen molar-refractivity contribution < 1.29 is 9.53 Å². The lowest BCUT2D eigenvalue weighted by atomic mass is 10.1. The Labute approximate surface area is 153 Å². The molecule has 134 valence electrons. The van der Waals surface area contributed by atoms with E-state index in [1.807, 2.05) is 55.6 Å². The molecule has 2 heterocycles. The molecular formula is C21H23N3O2. The number of hydrogen-bond donors (Lipinski definition) is 1. The van der Waals surface area contributed by atoms with Gasteiger partial charge in [-0.05, 0) is 31.2 Å². The van der Waals surface area contributed by atoms with Crippen LogP contribution >= 0.6 is 0 Å². The molecule has 0 bridgehead atoms. The Morgan fingerprint density at radius 2 is 2.00 bits per heavy atom. The van der Waals surface area contributed by atoms with Gasteiger partial charge in [0.1, 0.15) is 17.5 Å². The molecule has 4 rings (SSSR count). The molecule has 1 atom stereocenters. The summed E-state index contributed by atoms with van der Waals surface area (Å²) in [6, 6.07) is 17.9. The highest BCUT2D eigenvalue weighted by atomic mass is 16.5. The first-order valence-corrected chi connectivity index (χ1v) is 8.99. The van der Waals surface area contributed by atoms with Gasteiger partial charge in [0.2, 0.25) is 0 Å². The molecule has 1 aliphatic heterocycles. The molecule has 0 saturated carbocycles. The molecule has 1 unspecified atom stereocenters. The highest BCUT2D eigenvalue weighted by molar-refractivity contribution is 5.97. The molecule has 2 aromatic carbocycles. The molecule has 5 nitrogen and oxygen atoms in total. The average molecular weight is 349 g/mol. The van der Waals surface area contributed by atoms with Gasteiger partial charge < -0.3 is 19.5 Å². The lowest BCUT2D eigenvalue weighted by Gasteiger charge is -2.37. The number of carbonyl (C=O) groups excluding carboxylic acids is 1. The van der Waals surface area contributed by atoms with Crippen molar-refractivity contribution in [2.24, 2.45) is 0 Å². The molecule has 0 radical (unpaired) electrons. The molecule has 0 aliphatic carbocycles. The summed E-state index contributed by atoms with van der Waals surface area (Å²) in [5, 5.41) is 1.05. The summed E-state index contributed by atoms with van der Waals surface area (Å²) in [7, 11) is 1.83. The highest BCUT2D eigenvalue weighted by Gasteiger charge is 2.27. The largest absolute Gasteiger partial charge is 0.485 e. The minimum Gasteiger partial charge on any atom is -0.485 e. The molecule has 3 aromatic rings. The van der Waals surface area contributed by atoms with Crippen LogP contribution in [-0.2, 0) is 0 Å². The molecule has 1 N–H and O–H groups in total. The lowest BCUT2D eigenvalue weighted by molar-refractivity contribution is 0.0705. The second-order valence-electron chi connectivity index (χ2n) is 6.70. The Hall–Kier alpha value is -2.95. The Balaban J connectivity index is 1.49. The van der Waals surface area contributed by atoms with Crippen LogP contribution in [0.3, 0.4) is 0 Å². The van der Waals surface area contributed by atoms with E-state index in [0.717, 1.165) is 35.4 Å². The zero-order valence-electron chi connectivity index (χ0n) is 15.1. The maximum Gasteiger partial charge on any atom is 0.270 e. The summed E-state index contributed by atoms with van der Waals surface area (Å²) >= 11 is 0. The molecule has 1 amide bonds. The van der Waals surface area contributed by atoms with E-state index >= 15 is 0 Å². The van der Waals surface area contributed by atoms with E-state index in [1.165, 1.54) is 0 Å². The number of anilines is 1. The maximum absolute atomic E-state index is 12.8. The zero-order chi connectivity index (χ0) is 18.1. The van der Waals surface area contributed by atoms with Crippen LogP contribution in [0.15, 0.2) is 54.6 Å². The normalized spacial score (nSPS) is 16.2. The predicted octanol–water partition coefficient (Wildman–Crippen LogP) is 3.53. The van der Waals surface area contributed by atoms with Gasteiger partial charge in [-0.3, -0.25) is 4.79 Å². The Morgan fingerprint density at radius 1 is 1.23 bits per heavy atom. The number of H-pyrrole nitrogens is 1. The van der Waals surface area contributed by atoms with Crippen molar-refractivity contribution in [1.82, 2.24) is 9.88 Å². The summed E-state index contributed by atoms with van der Waals surface area (Å²) in [4.78, 5) is 20.0. The number of ether oxygens (including phenoxy) is 1. The van der Waals surface area contributed by atoms with Crippen molar-refractivity contribution in [3.63, 3.8) is 0 Å². The first-order valence-electron chi connectivity index (χ1n) is 8.99. The van der Waals surface area contributed by atoms with E-state index in [9.17, 15) is 4.79 Å². The van der Waals surface area contributed by atoms with Gasteiger partial charge in [0, 0.05) is 24.5 Å². The van der Waals surface area contributed by atoms with Gasteiger partial charge in [0.15, 0.2) is 0 Å². The zero-order valence-corrected chi connectivity index (χ0v) is 15.1. The third-order valence-corrected chi connectivity index (χ3v) is 4.89. The third-order valence-electron chi connectivity index (χ3n) is 4.89. The third kappa shape index (κ3) is 3.01. The number of para-hydroxylation sites is 3. The van der Waals surface area contributed by atoms with E-state index in [4.69, 9.17) is 4.74 Å². The number of aromatic amines is 1. The van der Waals surface area contributed by atoms with Crippen LogP contribution in [0.2, 0.25) is 0 Å². The van der Waals surface area contributed by atoms with Crippen LogP contribution in [0, 0.1) is 0 Å². The monoisotopic (exact) mass is 349 g/mol. The summed E-state index contributed by atoms with van der Waals surface area (Å²) in [6.45, 7) is 4.37. The van der Waals surface area contributed by atoms with Gasteiger partial charge in [-0.25, -0.2) is 0 Å². The Bertz CT molecular complexity index is 901. The molecule has 5 heteroatoms. The first-order chi connectivity index (χ1) is 12.7. The van der Waals surface area contributed by atoms with E-state index in [-0.39, 0.29) is 12.0 Å². The number of aromatic nitrogens is 1. The fraction of sp³-hybridized carbons (Fsp3) is 0.286. The second kappa shape index (κ2) is 6.75. The Kier molecular flexibility index (Phi) is 4.29. The average Bonchev–Trinajstić information content (AvgIpc) is 3.10. The van der Waals surface area contributed by atoms with Crippen LogP contribution < -0.4 is 9.64 Å². The maximum atomic E-state index is 12.8. The van der Waals surface area contributed by atoms with Crippen molar-refractivity contribution in [1.29, 1.82) is 0 Å². The SMILES string of the molecule is CCN1CC(CN(C)C(=O)c2cc3ccccc3[nH]2)Oc2ccccc21. The van der Waals surface area contributed by atoms with Gasteiger partial charge in [-0.2, -0.15) is 0 Å². The number of nitrogens with zero attached hydrogens (tertiary/aromatic N) is 2. The van der Waals surface area contributed by atoms with E-state index in [0.29, 0.717) is 12.2 Å². The summed E-state index contributed by atoms with van der Waals surface area (Å²) in [5.74, 6) is 0.865. The minimum absolute atomic E-state index is 0.0216. The molecule has 0 fully saturated rings. The topological polar surface area (TPSA) is 48.6 Å². The predicted molar refractivity (Wildman–Crippen MR) is 104 cm³/mol. The fourth-order valence-electron chi connectivity index (χ4n) is 3.56. The first kappa shape index (κ1) is 16.5. The number of likely N-dealkylation sites (N-methyl/N-ethyl adjacent to an activating group) is 2. The van der Waals surface area contributed by atoms with Crippen molar-refractivity contribution in [3.8, 4) is 5.75 Å². The van der Waals surface area contributed by atoms with E-state index < -0.39 is 0 Å². The van der Waals surface area contributed by atoms with Gasteiger partial charge in [0.25, 0.3) is 5.91 Å². The number of hydrogen-bond acceptors (Lipinski definition) is 3.